The molecule has 0 radical (unpaired) electrons. The van der Waals surface area contributed by atoms with Crippen molar-refractivity contribution in [2.24, 2.45) is 4.99 Å². The van der Waals surface area contributed by atoms with E-state index in [4.69, 9.17) is 4.52 Å². The first-order chi connectivity index (χ1) is 10.6. The second-order valence-corrected chi connectivity index (χ2v) is 5.62. The summed E-state index contributed by atoms with van der Waals surface area (Å²) >= 11 is 0. The van der Waals surface area contributed by atoms with Gasteiger partial charge in [-0.15, -0.1) is 24.0 Å². The van der Waals surface area contributed by atoms with Crippen LogP contribution in [0.2, 0.25) is 0 Å². The summed E-state index contributed by atoms with van der Waals surface area (Å²) in [5.41, 5.74) is 2.22. The van der Waals surface area contributed by atoms with Gasteiger partial charge >= 0.3 is 0 Å². The van der Waals surface area contributed by atoms with Gasteiger partial charge in [-0.1, -0.05) is 49.3 Å². The number of nitrogens with zero attached hydrogens (tertiary/aromatic N) is 3. The topological polar surface area (TPSA) is 53.7 Å². The number of aliphatic imine (C=N–C) groups is 1. The molecule has 2 aromatic rings. The molecule has 1 aromatic carbocycles. The number of aromatic nitrogens is 1. The molecule has 126 valence electrons. The van der Waals surface area contributed by atoms with Crippen LogP contribution in [0.25, 0.3) is 0 Å². The van der Waals surface area contributed by atoms with Crippen molar-refractivity contribution in [3.05, 3.63) is 53.4 Å². The minimum atomic E-state index is 0. The van der Waals surface area contributed by atoms with E-state index in [1.807, 2.05) is 31.3 Å². The van der Waals surface area contributed by atoms with Crippen LogP contribution in [0.15, 0.2) is 45.9 Å². The Labute approximate surface area is 155 Å². The Balaban J connectivity index is 0.00000264. The van der Waals surface area contributed by atoms with E-state index in [9.17, 15) is 0 Å². The van der Waals surface area contributed by atoms with Crippen molar-refractivity contribution >= 4 is 29.9 Å². The van der Waals surface area contributed by atoms with Crippen molar-refractivity contribution in [3.8, 4) is 0 Å². The van der Waals surface area contributed by atoms with Crippen LogP contribution in [0.5, 0.6) is 0 Å². The van der Waals surface area contributed by atoms with Crippen molar-refractivity contribution in [3.63, 3.8) is 0 Å². The lowest BCUT2D eigenvalue weighted by molar-refractivity contribution is 0.369. The quantitative estimate of drug-likeness (QED) is 0.449. The summed E-state index contributed by atoms with van der Waals surface area (Å²) in [6.07, 6.45) is 0. The maximum atomic E-state index is 5.33. The minimum Gasteiger partial charge on any atom is -0.359 e. The molecule has 2 rings (SSSR count). The highest BCUT2D eigenvalue weighted by Gasteiger charge is 2.10. The molecule has 0 aliphatic carbocycles. The zero-order chi connectivity index (χ0) is 15.9. The first kappa shape index (κ1) is 19.5. The Morgan fingerprint density at radius 3 is 2.57 bits per heavy atom. The lowest BCUT2D eigenvalue weighted by Gasteiger charge is -2.21. The zero-order valence-electron chi connectivity index (χ0n) is 14.1. The maximum Gasteiger partial charge on any atom is 0.194 e. The predicted octanol–water partition coefficient (Wildman–Crippen LogP) is 3.62. The average molecular weight is 428 g/mol. The summed E-state index contributed by atoms with van der Waals surface area (Å²) in [6.45, 7) is 5.57. The van der Waals surface area contributed by atoms with Gasteiger partial charge in [0.05, 0.1) is 12.2 Å². The highest BCUT2D eigenvalue weighted by molar-refractivity contribution is 14.0. The van der Waals surface area contributed by atoms with E-state index < -0.39 is 0 Å². The van der Waals surface area contributed by atoms with E-state index in [2.05, 4.69) is 46.3 Å². The molecule has 0 spiro atoms. The second-order valence-electron chi connectivity index (χ2n) is 5.62. The lowest BCUT2D eigenvalue weighted by atomic mass is 10.1. The molecule has 0 saturated heterocycles. The Bertz CT molecular complexity index is 610. The lowest BCUT2D eigenvalue weighted by Crippen LogP contribution is -2.37. The molecule has 0 fully saturated rings. The molecule has 0 unspecified atom stereocenters. The molecular weight excluding hydrogens is 403 g/mol. The fourth-order valence-electron chi connectivity index (χ4n) is 2.17. The van der Waals surface area contributed by atoms with Gasteiger partial charge in [0, 0.05) is 26.7 Å². The number of guanidine groups is 1. The Morgan fingerprint density at radius 2 is 2.00 bits per heavy atom. The molecule has 1 heterocycles. The Morgan fingerprint density at radius 1 is 1.30 bits per heavy atom. The van der Waals surface area contributed by atoms with Crippen LogP contribution in [-0.2, 0) is 13.1 Å². The van der Waals surface area contributed by atoms with Crippen LogP contribution in [0, 0.1) is 0 Å². The Hall–Kier alpha value is -1.57. The molecular formula is C17H25IN4O. The number of benzene rings is 1. The zero-order valence-corrected chi connectivity index (χ0v) is 16.4. The van der Waals surface area contributed by atoms with Crippen molar-refractivity contribution in [2.45, 2.75) is 32.9 Å². The highest BCUT2D eigenvalue weighted by atomic mass is 127. The summed E-state index contributed by atoms with van der Waals surface area (Å²) in [7, 11) is 3.80. The number of hydrogen-bond acceptors (Lipinski definition) is 3. The molecule has 6 heteroatoms. The summed E-state index contributed by atoms with van der Waals surface area (Å²) in [4.78, 5) is 6.39. The molecule has 0 atom stereocenters. The van der Waals surface area contributed by atoms with Crippen LogP contribution in [0.1, 0.15) is 36.8 Å². The summed E-state index contributed by atoms with van der Waals surface area (Å²) < 4.78 is 5.33. The van der Waals surface area contributed by atoms with Gasteiger partial charge in [-0.05, 0) is 11.5 Å². The van der Waals surface area contributed by atoms with Crippen LogP contribution >= 0.6 is 24.0 Å². The van der Waals surface area contributed by atoms with E-state index in [0.29, 0.717) is 12.5 Å². The number of nitrogens with one attached hydrogen (secondary N) is 1. The van der Waals surface area contributed by atoms with Gasteiger partial charge in [-0.2, -0.15) is 0 Å². The Kier molecular flexibility index (Phi) is 8.08. The molecule has 0 aliphatic rings. The summed E-state index contributed by atoms with van der Waals surface area (Å²) in [5, 5.41) is 7.36. The second kappa shape index (κ2) is 9.54. The molecule has 0 aliphatic heterocycles. The largest absolute Gasteiger partial charge is 0.359 e. The number of halogens is 1. The molecule has 0 amide bonds. The molecule has 1 N–H and O–H groups in total. The summed E-state index contributed by atoms with van der Waals surface area (Å²) in [6, 6.07) is 12.3. The third-order valence-electron chi connectivity index (χ3n) is 3.43. The standard InChI is InChI=1S/C17H24N4O.HI/c1-13(2)16-10-15(22-20-16)11-19-17(18-3)21(4)12-14-8-6-5-7-9-14;/h5-10,13H,11-12H2,1-4H3,(H,18,19);1H. The number of rotatable bonds is 5. The van der Waals surface area contributed by atoms with Gasteiger partial charge in [0.25, 0.3) is 0 Å². The van der Waals surface area contributed by atoms with E-state index in [1.165, 1.54) is 5.56 Å². The van der Waals surface area contributed by atoms with Crippen LogP contribution in [0.4, 0.5) is 0 Å². The maximum absolute atomic E-state index is 5.33. The van der Waals surface area contributed by atoms with E-state index in [0.717, 1.165) is 24.0 Å². The van der Waals surface area contributed by atoms with E-state index >= 15 is 0 Å². The first-order valence-electron chi connectivity index (χ1n) is 7.51. The fourth-order valence-corrected chi connectivity index (χ4v) is 2.17. The molecule has 0 bridgehead atoms. The van der Waals surface area contributed by atoms with Crippen LogP contribution < -0.4 is 5.32 Å². The van der Waals surface area contributed by atoms with Gasteiger partial charge < -0.3 is 14.7 Å². The minimum absolute atomic E-state index is 0. The van der Waals surface area contributed by atoms with Crippen LogP contribution in [0.3, 0.4) is 0 Å². The highest BCUT2D eigenvalue weighted by Crippen LogP contribution is 2.13. The molecule has 0 saturated carbocycles. The monoisotopic (exact) mass is 428 g/mol. The fraction of sp³-hybridized carbons (Fsp3) is 0.412. The van der Waals surface area contributed by atoms with Crippen molar-refractivity contribution in [2.75, 3.05) is 14.1 Å². The van der Waals surface area contributed by atoms with Gasteiger partial charge in [0.1, 0.15) is 0 Å². The van der Waals surface area contributed by atoms with Gasteiger partial charge in [-0.3, -0.25) is 4.99 Å². The number of hydrogen-bond donors (Lipinski definition) is 1. The molecule has 1 aromatic heterocycles. The smallest absolute Gasteiger partial charge is 0.194 e. The normalized spacial score (nSPS) is 11.3. The molecule has 23 heavy (non-hydrogen) atoms. The SMILES string of the molecule is CN=C(NCc1cc(C(C)C)no1)N(C)Cc1ccccc1.I. The van der Waals surface area contributed by atoms with E-state index in [1.54, 1.807) is 7.05 Å². The van der Waals surface area contributed by atoms with E-state index in [-0.39, 0.29) is 24.0 Å². The molecule has 5 nitrogen and oxygen atoms in total. The predicted molar refractivity (Wildman–Crippen MR) is 104 cm³/mol. The third-order valence-corrected chi connectivity index (χ3v) is 3.43. The first-order valence-corrected chi connectivity index (χ1v) is 7.51. The average Bonchev–Trinajstić information content (AvgIpc) is 2.98. The van der Waals surface area contributed by atoms with Gasteiger partial charge in [0.2, 0.25) is 0 Å². The van der Waals surface area contributed by atoms with Crippen molar-refractivity contribution in [1.82, 2.24) is 15.4 Å². The van der Waals surface area contributed by atoms with Crippen LogP contribution in [-0.4, -0.2) is 30.1 Å². The third kappa shape index (κ3) is 5.85. The van der Waals surface area contributed by atoms with Crippen molar-refractivity contribution in [1.29, 1.82) is 0 Å². The summed E-state index contributed by atoms with van der Waals surface area (Å²) in [5.74, 6) is 2.02. The van der Waals surface area contributed by atoms with Gasteiger partial charge in [0.15, 0.2) is 11.7 Å². The van der Waals surface area contributed by atoms with Gasteiger partial charge in [-0.25, -0.2) is 0 Å². The van der Waals surface area contributed by atoms with Crippen molar-refractivity contribution < 1.29 is 4.52 Å².